The van der Waals surface area contributed by atoms with E-state index in [-0.39, 0.29) is 11.5 Å². The molecule has 0 aliphatic carbocycles. The summed E-state index contributed by atoms with van der Waals surface area (Å²) in [5.41, 5.74) is 3.19. The van der Waals surface area contributed by atoms with Crippen LogP contribution < -0.4 is 15.6 Å². The maximum Gasteiger partial charge on any atom is 0.267 e. The van der Waals surface area contributed by atoms with E-state index in [9.17, 15) is 9.59 Å². The Morgan fingerprint density at radius 3 is 2.50 bits per heavy atom. The van der Waals surface area contributed by atoms with Gasteiger partial charge in [-0.05, 0) is 55.3 Å². The zero-order chi connectivity index (χ0) is 25.2. The molecule has 1 amide bonds. The molecule has 36 heavy (non-hydrogen) atoms. The van der Waals surface area contributed by atoms with Crippen molar-refractivity contribution in [2.24, 2.45) is 0 Å². The summed E-state index contributed by atoms with van der Waals surface area (Å²) in [5, 5.41) is 12.4. The van der Waals surface area contributed by atoms with Gasteiger partial charge in [-0.1, -0.05) is 54.2 Å². The molecule has 0 aliphatic rings. The van der Waals surface area contributed by atoms with Crippen LogP contribution in [0.25, 0.3) is 22.4 Å². The van der Waals surface area contributed by atoms with Gasteiger partial charge in [-0.25, -0.2) is 4.57 Å². The largest absolute Gasteiger partial charge is 0.497 e. The molecular weight excluding hydrogens is 474 g/mol. The third-order valence-electron chi connectivity index (χ3n) is 6.03. The predicted octanol–water partition coefficient (Wildman–Crippen LogP) is 4.15. The van der Waals surface area contributed by atoms with Crippen molar-refractivity contribution in [3.8, 4) is 11.4 Å². The van der Waals surface area contributed by atoms with Gasteiger partial charge in [0.1, 0.15) is 5.75 Å². The molecule has 0 aliphatic heterocycles. The number of hydrogen-bond acceptors (Lipinski definition) is 6. The predicted molar refractivity (Wildman–Crippen MR) is 141 cm³/mol. The molecule has 0 bridgehead atoms. The van der Waals surface area contributed by atoms with Crippen molar-refractivity contribution >= 4 is 34.3 Å². The van der Waals surface area contributed by atoms with Gasteiger partial charge in [0.15, 0.2) is 5.16 Å². The van der Waals surface area contributed by atoms with Gasteiger partial charge < -0.3 is 10.1 Å². The maximum absolute atomic E-state index is 13.5. The number of thioether (sulfide) groups is 1. The first kappa shape index (κ1) is 23.6. The van der Waals surface area contributed by atoms with Crippen molar-refractivity contribution in [1.82, 2.24) is 24.5 Å². The van der Waals surface area contributed by atoms with Crippen LogP contribution in [-0.4, -0.2) is 37.4 Å². The average Bonchev–Trinajstić information content (AvgIpc) is 3.32. The van der Waals surface area contributed by atoms with Gasteiger partial charge >= 0.3 is 0 Å². The molecule has 8 nitrogen and oxygen atoms in total. The van der Waals surface area contributed by atoms with E-state index in [2.05, 4.69) is 15.5 Å². The molecular formula is C27H25N5O3S. The highest BCUT2D eigenvalue weighted by Crippen LogP contribution is 2.27. The topological polar surface area (TPSA) is 90.5 Å². The van der Waals surface area contributed by atoms with Crippen LogP contribution in [0.5, 0.6) is 5.75 Å². The Bertz CT molecular complexity index is 1620. The zero-order valence-corrected chi connectivity index (χ0v) is 21.0. The number of para-hydroxylation sites is 2. The Hall–Kier alpha value is -4.11. The van der Waals surface area contributed by atoms with Gasteiger partial charge in [0.2, 0.25) is 11.7 Å². The molecule has 0 saturated heterocycles. The van der Waals surface area contributed by atoms with Crippen LogP contribution in [0.2, 0.25) is 0 Å². The minimum atomic E-state index is -0.437. The van der Waals surface area contributed by atoms with Gasteiger partial charge in [0.25, 0.3) is 5.56 Å². The Kier molecular flexibility index (Phi) is 6.47. The summed E-state index contributed by atoms with van der Waals surface area (Å²) in [5.74, 6) is 1.05. The lowest BCUT2D eigenvalue weighted by molar-refractivity contribution is -0.120. The molecule has 3 aromatic carbocycles. The zero-order valence-electron chi connectivity index (χ0n) is 20.1. The van der Waals surface area contributed by atoms with E-state index in [1.807, 2.05) is 85.0 Å². The molecule has 0 saturated carbocycles. The molecule has 2 heterocycles. The number of aryl methyl sites for hydroxylation is 1. The molecule has 1 unspecified atom stereocenters. The number of hydrogen-bond donors (Lipinski definition) is 1. The summed E-state index contributed by atoms with van der Waals surface area (Å²) in [6.45, 7) is 4.19. The second kappa shape index (κ2) is 9.87. The minimum Gasteiger partial charge on any atom is -0.497 e. The molecule has 0 radical (unpaired) electrons. The third-order valence-corrected chi connectivity index (χ3v) is 7.07. The summed E-state index contributed by atoms with van der Waals surface area (Å²) in [4.78, 5) is 26.4. The summed E-state index contributed by atoms with van der Waals surface area (Å²) in [7, 11) is 1.62. The number of aromatic nitrogens is 4. The SMILES string of the molecule is COc1ccc(CNC(=O)C(C)Sc2nnc3n(-c4ccccc4C)c(=O)c4ccccc4n23)cc1. The second-order valence-corrected chi connectivity index (χ2v) is 9.70. The van der Waals surface area contributed by atoms with E-state index in [0.717, 1.165) is 22.6 Å². The fourth-order valence-electron chi connectivity index (χ4n) is 4.07. The van der Waals surface area contributed by atoms with Crippen LogP contribution >= 0.6 is 11.8 Å². The lowest BCUT2D eigenvalue weighted by Gasteiger charge is -2.14. The number of rotatable bonds is 7. The lowest BCUT2D eigenvalue weighted by Crippen LogP contribution is -2.30. The Morgan fingerprint density at radius 1 is 1.03 bits per heavy atom. The first-order valence-corrected chi connectivity index (χ1v) is 12.4. The first-order chi connectivity index (χ1) is 17.5. The molecule has 1 atom stereocenters. The van der Waals surface area contributed by atoms with Gasteiger partial charge in [0, 0.05) is 6.54 Å². The summed E-state index contributed by atoms with van der Waals surface area (Å²) in [6, 6.07) is 22.6. The van der Waals surface area contributed by atoms with Crippen LogP contribution in [0.4, 0.5) is 0 Å². The van der Waals surface area contributed by atoms with Crippen LogP contribution in [0, 0.1) is 6.92 Å². The number of benzene rings is 3. The fourth-order valence-corrected chi connectivity index (χ4v) is 4.95. The van der Waals surface area contributed by atoms with Crippen LogP contribution in [0.1, 0.15) is 18.1 Å². The molecule has 182 valence electrons. The Labute approximate surface area is 211 Å². The highest BCUT2D eigenvalue weighted by molar-refractivity contribution is 8.00. The van der Waals surface area contributed by atoms with Crippen molar-refractivity contribution in [2.75, 3.05) is 7.11 Å². The molecule has 5 aromatic rings. The van der Waals surface area contributed by atoms with Crippen molar-refractivity contribution in [3.63, 3.8) is 0 Å². The molecule has 1 N–H and O–H groups in total. The minimum absolute atomic E-state index is 0.121. The second-order valence-electron chi connectivity index (χ2n) is 8.39. The van der Waals surface area contributed by atoms with Crippen molar-refractivity contribution in [1.29, 1.82) is 0 Å². The van der Waals surface area contributed by atoms with E-state index >= 15 is 0 Å². The van der Waals surface area contributed by atoms with Crippen molar-refractivity contribution in [2.45, 2.75) is 30.8 Å². The van der Waals surface area contributed by atoms with Crippen molar-refractivity contribution in [3.05, 3.63) is 94.3 Å². The molecule has 0 fully saturated rings. The molecule has 2 aromatic heterocycles. The van der Waals surface area contributed by atoms with Crippen LogP contribution in [-0.2, 0) is 11.3 Å². The standard InChI is InChI=1S/C27H25N5O3S/c1-17-8-4-6-10-22(17)31-25(34)21-9-5-7-11-23(21)32-26(31)29-30-27(32)36-18(2)24(33)28-16-19-12-14-20(35-3)15-13-19/h4-15,18H,16H2,1-3H3,(H,28,33). The number of fused-ring (bicyclic) bond motifs is 3. The van der Waals surface area contributed by atoms with E-state index in [1.165, 1.54) is 11.8 Å². The number of carbonyl (C=O) groups excluding carboxylic acids is 1. The number of amides is 1. The quantitative estimate of drug-likeness (QED) is 0.339. The Balaban J connectivity index is 1.48. The third kappa shape index (κ3) is 4.33. The summed E-state index contributed by atoms with van der Waals surface area (Å²) >= 11 is 1.30. The van der Waals surface area contributed by atoms with Gasteiger partial charge in [-0.15, -0.1) is 10.2 Å². The lowest BCUT2D eigenvalue weighted by atomic mass is 10.2. The summed E-state index contributed by atoms with van der Waals surface area (Å²) in [6.07, 6.45) is 0. The highest BCUT2D eigenvalue weighted by Gasteiger charge is 2.22. The smallest absolute Gasteiger partial charge is 0.267 e. The highest BCUT2D eigenvalue weighted by atomic mass is 32.2. The monoisotopic (exact) mass is 499 g/mol. The van der Waals surface area contributed by atoms with E-state index < -0.39 is 5.25 Å². The Morgan fingerprint density at radius 2 is 1.75 bits per heavy atom. The molecule has 5 rings (SSSR count). The van der Waals surface area contributed by atoms with E-state index in [0.29, 0.717) is 28.4 Å². The van der Waals surface area contributed by atoms with Crippen LogP contribution in [0.3, 0.4) is 0 Å². The number of nitrogens with zero attached hydrogens (tertiary/aromatic N) is 4. The molecule has 9 heteroatoms. The normalized spacial score (nSPS) is 12.1. The average molecular weight is 500 g/mol. The number of nitrogens with one attached hydrogen (secondary N) is 1. The molecule has 0 spiro atoms. The number of ether oxygens (including phenoxy) is 1. The van der Waals surface area contributed by atoms with Crippen LogP contribution in [0.15, 0.2) is 82.7 Å². The maximum atomic E-state index is 13.5. The number of methoxy groups -OCH3 is 1. The van der Waals surface area contributed by atoms with Gasteiger partial charge in [-0.3, -0.25) is 14.0 Å². The van der Waals surface area contributed by atoms with Gasteiger partial charge in [0.05, 0.1) is 29.0 Å². The van der Waals surface area contributed by atoms with Crippen molar-refractivity contribution < 1.29 is 9.53 Å². The first-order valence-electron chi connectivity index (χ1n) is 11.5. The number of carbonyl (C=O) groups is 1. The van der Waals surface area contributed by atoms with E-state index in [4.69, 9.17) is 4.74 Å². The van der Waals surface area contributed by atoms with Gasteiger partial charge in [-0.2, -0.15) is 0 Å². The van der Waals surface area contributed by atoms with E-state index in [1.54, 1.807) is 17.7 Å². The fraction of sp³-hybridized carbons (Fsp3) is 0.185. The summed E-state index contributed by atoms with van der Waals surface area (Å²) < 4.78 is 8.62.